The summed E-state index contributed by atoms with van der Waals surface area (Å²) in [7, 11) is 0. The predicted molar refractivity (Wildman–Crippen MR) is 54.4 cm³/mol. The van der Waals surface area contributed by atoms with Crippen molar-refractivity contribution >= 4 is 0 Å². The van der Waals surface area contributed by atoms with Crippen LogP contribution in [0.1, 0.15) is 18.4 Å². The van der Waals surface area contributed by atoms with Crippen LogP contribution in [0.3, 0.4) is 0 Å². The third-order valence-electron chi connectivity index (χ3n) is 2.89. The highest BCUT2D eigenvalue weighted by atomic mass is 15.4. The average Bonchev–Trinajstić information content (AvgIpc) is 2.71. The molecule has 1 aliphatic heterocycles. The quantitative estimate of drug-likeness (QED) is 0.714. The van der Waals surface area contributed by atoms with Crippen LogP contribution < -0.4 is 10.9 Å². The summed E-state index contributed by atoms with van der Waals surface area (Å²) in [4.78, 5) is 0. The van der Waals surface area contributed by atoms with Gasteiger partial charge in [0.1, 0.15) is 0 Å². The first-order valence-electron chi connectivity index (χ1n) is 4.88. The van der Waals surface area contributed by atoms with E-state index >= 15 is 0 Å². The minimum absolute atomic E-state index is 0.642. The normalized spacial score (nSPS) is 20.4. The Labute approximate surface area is 79.3 Å². The molecule has 2 rings (SSSR count). The highest BCUT2D eigenvalue weighted by Crippen LogP contribution is 2.24. The Bertz CT molecular complexity index is 252. The molecule has 0 aliphatic carbocycles. The van der Waals surface area contributed by atoms with Gasteiger partial charge in [-0.2, -0.15) is 0 Å². The number of benzene rings is 1. The third kappa shape index (κ3) is 1.90. The molecule has 0 amide bonds. The first kappa shape index (κ1) is 8.73. The minimum atomic E-state index is 0.642. The van der Waals surface area contributed by atoms with Crippen LogP contribution in [-0.2, 0) is 0 Å². The van der Waals surface area contributed by atoms with Crippen molar-refractivity contribution in [2.24, 2.45) is 5.92 Å². The van der Waals surface area contributed by atoms with Gasteiger partial charge in [-0.25, -0.2) is 0 Å². The van der Waals surface area contributed by atoms with Crippen LogP contribution >= 0.6 is 0 Å². The van der Waals surface area contributed by atoms with E-state index in [1.807, 2.05) is 0 Å². The van der Waals surface area contributed by atoms with E-state index in [0.717, 1.165) is 19.0 Å². The fourth-order valence-corrected chi connectivity index (χ4v) is 1.86. The van der Waals surface area contributed by atoms with Gasteiger partial charge in [-0.15, -0.1) is 0 Å². The second-order valence-corrected chi connectivity index (χ2v) is 3.72. The monoisotopic (exact) mass is 176 g/mol. The second-order valence-electron chi connectivity index (χ2n) is 3.72. The van der Waals surface area contributed by atoms with Crippen LogP contribution in [0.5, 0.6) is 0 Å². The first-order chi connectivity index (χ1) is 6.38. The molecule has 70 valence electrons. The SMILES string of the molecule is CC(c1ccccc1)C1CNNC1. The lowest BCUT2D eigenvalue weighted by molar-refractivity contribution is 0.509. The standard InChI is InChI=1S/C11H16N2/c1-9(11-7-12-13-8-11)10-5-3-2-4-6-10/h2-6,9,11-13H,7-8H2,1H3. The Hall–Kier alpha value is -0.860. The van der Waals surface area contributed by atoms with Gasteiger partial charge < -0.3 is 0 Å². The number of hydrazine groups is 1. The first-order valence-corrected chi connectivity index (χ1v) is 4.88. The molecule has 2 N–H and O–H groups in total. The summed E-state index contributed by atoms with van der Waals surface area (Å²) in [5, 5.41) is 0. The molecule has 13 heavy (non-hydrogen) atoms. The van der Waals surface area contributed by atoms with Crippen LogP contribution in [0.2, 0.25) is 0 Å². The van der Waals surface area contributed by atoms with E-state index in [1.54, 1.807) is 0 Å². The highest BCUT2D eigenvalue weighted by Gasteiger charge is 2.21. The number of hydrogen-bond acceptors (Lipinski definition) is 2. The highest BCUT2D eigenvalue weighted by molar-refractivity contribution is 5.19. The Morgan fingerprint density at radius 2 is 1.77 bits per heavy atom. The maximum absolute atomic E-state index is 3.17. The maximum atomic E-state index is 3.17. The van der Waals surface area contributed by atoms with Crippen molar-refractivity contribution in [2.75, 3.05) is 13.1 Å². The molecule has 0 spiro atoms. The molecule has 1 fully saturated rings. The molecule has 0 radical (unpaired) electrons. The van der Waals surface area contributed by atoms with Crippen LogP contribution in [-0.4, -0.2) is 13.1 Å². The Morgan fingerprint density at radius 1 is 1.15 bits per heavy atom. The number of nitrogens with one attached hydrogen (secondary N) is 2. The van der Waals surface area contributed by atoms with Crippen LogP contribution in [0.4, 0.5) is 0 Å². The molecule has 1 unspecified atom stereocenters. The Balaban J connectivity index is 2.08. The van der Waals surface area contributed by atoms with Crippen molar-refractivity contribution in [1.29, 1.82) is 0 Å². The van der Waals surface area contributed by atoms with Crippen molar-refractivity contribution < 1.29 is 0 Å². The summed E-state index contributed by atoms with van der Waals surface area (Å²) >= 11 is 0. The van der Waals surface area contributed by atoms with E-state index in [-0.39, 0.29) is 0 Å². The smallest absolute Gasteiger partial charge is 0.0147 e. The van der Waals surface area contributed by atoms with Gasteiger partial charge in [-0.05, 0) is 17.4 Å². The second kappa shape index (κ2) is 3.90. The van der Waals surface area contributed by atoms with Gasteiger partial charge in [0.15, 0.2) is 0 Å². The topological polar surface area (TPSA) is 24.1 Å². The van der Waals surface area contributed by atoms with E-state index in [1.165, 1.54) is 5.56 Å². The third-order valence-corrected chi connectivity index (χ3v) is 2.89. The fraction of sp³-hybridized carbons (Fsp3) is 0.455. The van der Waals surface area contributed by atoms with Crippen molar-refractivity contribution in [3.05, 3.63) is 35.9 Å². The zero-order valence-electron chi connectivity index (χ0n) is 7.96. The lowest BCUT2D eigenvalue weighted by atomic mass is 9.88. The molecule has 0 aromatic heterocycles. The molecular formula is C11H16N2. The summed E-state index contributed by atoms with van der Waals surface area (Å²) in [5.74, 6) is 1.37. The van der Waals surface area contributed by atoms with Gasteiger partial charge in [-0.1, -0.05) is 37.3 Å². The van der Waals surface area contributed by atoms with Crippen molar-refractivity contribution in [3.8, 4) is 0 Å². The van der Waals surface area contributed by atoms with Gasteiger partial charge in [0.05, 0.1) is 0 Å². The zero-order valence-corrected chi connectivity index (χ0v) is 7.96. The molecule has 0 bridgehead atoms. The fourth-order valence-electron chi connectivity index (χ4n) is 1.86. The van der Waals surface area contributed by atoms with Gasteiger partial charge in [0.25, 0.3) is 0 Å². The summed E-state index contributed by atoms with van der Waals surface area (Å²) in [6, 6.07) is 10.7. The molecule has 1 atom stereocenters. The molecular weight excluding hydrogens is 160 g/mol. The van der Waals surface area contributed by atoms with Gasteiger partial charge in [-0.3, -0.25) is 10.9 Å². The lowest BCUT2D eigenvalue weighted by Crippen LogP contribution is -2.21. The molecule has 2 nitrogen and oxygen atoms in total. The molecule has 1 saturated heterocycles. The molecule has 1 aliphatic rings. The van der Waals surface area contributed by atoms with Crippen LogP contribution in [0.25, 0.3) is 0 Å². The summed E-state index contributed by atoms with van der Waals surface area (Å²) in [5.41, 5.74) is 7.79. The molecule has 2 heteroatoms. The van der Waals surface area contributed by atoms with Crippen molar-refractivity contribution in [1.82, 2.24) is 10.9 Å². The minimum Gasteiger partial charge on any atom is -0.257 e. The van der Waals surface area contributed by atoms with E-state index in [2.05, 4.69) is 48.1 Å². The molecule has 0 saturated carbocycles. The van der Waals surface area contributed by atoms with E-state index in [0.29, 0.717) is 5.92 Å². The largest absolute Gasteiger partial charge is 0.257 e. The lowest BCUT2D eigenvalue weighted by Gasteiger charge is -2.17. The van der Waals surface area contributed by atoms with Gasteiger partial charge in [0, 0.05) is 13.1 Å². The molecule has 1 aromatic carbocycles. The predicted octanol–water partition coefficient (Wildman–Crippen LogP) is 1.51. The van der Waals surface area contributed by atoms with Gasteiger partial charge in [0.2, 0.25) is 0 Å². The van der Waals surface area contributed by atoms with E-state index < -0.39 is 0 Å². The summed E-state index contributed by atoms with van der Waals surface area (Å²) < 4.78 is 0. The average molecular weight is 176 g/mol. The van der Waals surface area contributed by atoms with E-state index in [4.69, 9.17) is 0 Å². The zero-order chi connectivity index (χ0) is 9.10. The number of hydrogen-bond donors (Lipinski definition) is 2. The van der Waals surface area contributed by atoms with Crippen LogP contribution in [0, 0.1) is 5.92 Å². The number of rotatable bonds is 2. The Kier molecular flexibility index (Phi) is 2.62. The summed E-state index contributed by atoms with van der Waals surface area (Å²) in [6.07, 6.45) is 0. The van der Waals surface area contributed by atoms with Gasteiger partial charge >= 0.3 is 0 Å². The van der Waals surface area contributed by atoms with Crippen molar-refractivity contribution in [2.45, 2.75) is 12.8 Å². The molecule has 1 aromatic rings. The molecule has 1 heterocycles. The Morgan fingerprint density at radius 3 is 2.38 bits per heavy atom. The summed E-state index contributed by atoms with van der Waals surface area (Å²) in [6.45, 7) is 4.46. The van der Waals surface area contributed by atoms with E-state index in [9.17, 15) is 0 Å². The maximum Gasteiger partial charge on any atom is 0.0147 e. The van der Waals surface area contributed by atoms with Crippen molar-refractivity contribution in [3.63, 3.8) is 0 Å². The van der Waals surface area contributed by atoms with Crippen LogP contribution in [0.15, 0.2) is 30.3 Å².